The Morgan fingerprint density at radius 3 is 2.20 bits per heavy atom. The molecule has 1 saturated carbocycles. The van der Waals surface area contributed by atoms with E-state index in [2.05, 4.69) is 17.6 Å². The molecule has 3 aromatic rings. The van der Waals surface area contributed by atoms with Crippen LogP contribution in [0.2, 0.25) is 0 Å². The smallest absolute Gasteiger partial charge is 0.408 e. The summed E-state index contributed by atoms with van der Waals surface area (Å²) in [5.74, 6) is -0.210. The third-order valence-electron chi connectivity index (χ3n) is 7.31. The van der Waals surface area contributed by atoms with Gasteiger partial charge in [-0.3, -0.25) is 9.59 Å². The molecule has 7 nitrogen and oxygen atoms in total. The van der Waals surface area contributed by atoms with Crippen LogP contribution in [0, 0.1) is 18.8 Å². The quantitative estimate of drug-likeness (QED) is 0.296. The number of alkyl carbamates (subject to hydrolysis) is 1. The summed E-state index contributed by atoms with van der Waals surface area (Å²) in [7, 11) is 0. The largest absolute Gasteiger partial charge is 0.444 e. The molecule has 218 valence electrons. The number of rotatable bonds is 9. The van der Waals surface area contributed by atoms with Gasteiger partial charge in [-0.1, -0.05) is 80.9 Å². The standard InChI is InChI=1S/C34H43N3O4/c1-21(2)18-28(36-33(40)41-34(5,6)7)32(39)37(29-19-23(29)4)30(25-14-12-22(3)13-15-25)31(38)35-27-17-16-24-10-8-9-11-26(24)20-27/h8-17,20-21,23,28-30H,18-19H2,1-7H3,(H,35,38)(H,36,40). The number of carbonyl (C=O) groups is 3. The highest BCUT2D eigenvalue weighted by Crippen LogP contribution is 2.41. The molecule has 3 aromatic carbocycles. The number of hydrogen-bond acceptors (Lipinski definition) is 4. The minimum absolute atomic E-state index is 0.119. The second-order valence-corrected chi connectivity index (χ2v) is 12.7. The molecule has 7 heteroatoms. The van der Waals surface area contributed by atoms with E-state index >= 15 is 0 Å². The monoisotopic (exact) mass is 557 g/mol. The maximum Gasteiger partial charge on any atom is 0.408 e. The highest BCUT2D eigenvalue weighted by Gasteiger charge is 2.48. The van der Waals surface area contributed by atoms with Gasteiger partial charge in [0, 0.05) is 11.7 Å². The van der Waals surface area contributed by atoms with Gasteiger partial charge in [0.2, 0.25) is 5.91 Å². The predicted molar refractivity (Wildman–Crippen MR) is 164 cm³/mol. The van der Waals surface area contributed by atoms with Gasteiger partial charge in [-0.05, 0) is 80.8 Å². The maximum atomic E-state index is 14.4. The molecule has 2 N–H and O–H groups in total. The normalized spacial score (nSPS) is 18.0. The molecule has 0 radical (unpaired) electrons. The first kappa shape index (κ1) is 30.1. The van der Waals surface area contributed by atoms with E-state index in [1.807, 2.05) is 87.5 Å². The van der Waals surface area contributed by atoms with Crippen molar-refractivity contribution in [2.24, 2.45) is 11.8 Å². The number of benzene rings is 3. The van der Waals surface area contributed by atoms with Crippen LogP contribution >= 0.6 is 0 Å². The van der Waals surface area contributed by atoms with Crippen molar-refractivity contribution in [3.63, 3.8) is 0 Å². The van der Waals surface area contributed by atoms with Gasteiger partial charge in [-0.25, -0.2) is 4.79 Å². The second kappa shape index (κ2) is 12.3. The van der Waals surface area contributed by atoms with Crippen molar-refractivity contribution >= 4 is 34.4 Å². The Bertz CT molecular complexity index is 1390. The number of carbonyl (C=O) groups excluding carboxylic acids is 3. The topological polar surface area (TPSA) is 87.7 Å². The van der Waals surface area contributed by atoms with Gasteiger partial charge < -0.3 is 20.3 Å². The molecular formula is C34H43N3O4. The zero-order chi connectivity index (χ0) is 29.9. The summed E-state index contributed by atoms with van der Waals surface area (Å²) in [4.78, 5) is 43.1. The van der Waals surface area contributed by atoms with Crippen molar-refractivity contribution in [1.29, 1.82) is 0 Å². The minimum Gasteiger partial charge on any atom is -0.444 e. The molecule has 0 saturated heterocycles. The number of fused-ring (bicyclic) bond motifs is 1. The molecule has 4 rings (SSSR count). The Morgan fingerprint density at radius 2 is 1.61 bits per heavy atom. The Kier molecular flexibility index (Phi) is 9.05. The van der Waals surface area contributed by atoms with Gasteiger partial charge in [0.15, 0.2) is 0 Å². The molecule has 41 heavy (non-hydrogen) atoms. The van der Waals surface area contributed by atoms with E-state index in [0.29, 0.717) is 12.1 Å². The molecule has 0 aliphatic heterocycles. The van der Waals surface area contributed by atoms with Crippen LogP contribution in [0.3, 0.4) is 0 Å². The van der Waals surface area contributed by atoms with Crippen molar-refractivity contribution in [2.75, 3.05) is 5.32 Å². The van der Waals surface area contributed by atoms with E-state index in [9.17, 15) is 14.4 Å². The number of nitrogens with zero attached hydrogens (tertiary/aromatic N) is 1. The molecule has 1 aliphatic carbocycles. The number of hydrogen-bond donors (Lipinski definition) is 2. The van der Waals surface area contributed by atoms with E-state index in [4.69, 9.17) is 4.74 Å². The van der Waals surface area contributed by atoms with Crippen molar-refractivity contribution in [3.05, 3.63) is 77.9 Å². The number of nitrogens with one attached hydrogen (secondary N) is 2. The maximum absolute atomic E-state index is 14.4. The second-order valence-electron chi connectivity index (χ2n) is 12.7. The van der Waals surface area contributed by atoms with Crippen LogP contribution in [0.15, 0.2) is 66.7 Å². The van der Waals surface area contributed by atoms with Gasteiger partial charge in [0.1, 0.15) is 17.7 Å². The molecule has 0 heterocycles. The fourth-order valence-corrected chi connectivity index (χ4v) is 5.16. The van der Waals surface area contributed by atoms with E-state index in [-0.39, 0.29) is 29.7 Å². The molecule has 1 fully saturated rings. The zero-order valence-corrected chi connectivity index (χ0v) is 25.2. The summed E-state index contributed by atoms with van der Waals surface area (Å²) in [6.07, 6.45) is 0.564. The lowest BCUT2D eigenvalue weighted by molar-refractivity contribution is -0.142. The van der Waals surface area contributed by atoms with Crippen LogP contribution in [-0.2, 0) is 14.3 Å². The van der Waals surface area contributed by atoms with Crippen LogP contribution in [0.25, 0.3) is 10.8 Å². The Labute approximate surface area is 243 Å². The molecule has 0 bridgehead atoms. The average molecular weight is 558 g/mol. The Balaban J connectivity index is 1.71. The average Bonchev–Trinajstić information content (AvgIpc) is 3.61. The Morgan fingerprint density at radius 1 is 0.976 bits per heavy atom. The lowest BCUT2D eigenvalue weighted by atomic mass is 9.98. The summed E-state index contributed by atoms with van der Waals surface area (Å²) < 4.78 is 5.50. The van der Waals surface area contributed by atoms with Gasteiger partial charge >= 0.3 is 6.09 Å². The molecule has 0 spiro atoms. The van der Waals surface area contributed by atoms with Gasteiger partial charge in [0.05, 0.1) is 0 Å². The number of aryl methyl sites for hydroxylation is 1. The molecular weight excluding hydrogens is 514 g/mol. The van der Waals surface area contributed by atoms with E-state index in [1.165, 1.54) is 0 Å². The first-order valence-corrected chi connectivity index (χ1v) is 14.5. The number of anilines is 1. The van der Waals surface area contributed by atoms with Crippen LogP contribution in [0.1, 0.15) is 71.6 Å². The molecule has 3 amide bonds. The van der Waals surface area contributed by atoms with Crippen LogP contribution in [-0.4, -0.2) is 40.5 Å². The lowest BCUT2D eigenvalue weighted by Gasteiger charge is -2.35. The highest BCUT2D eigenvalue weighted by atomic mass is 16.6. The van der Waals surface area contributed by atoms with E-state index in [0.717, 1.165) is 28.3 Å². The summed E-state index contributed by atoms with van der Waals surface area (Å²) in [6, 6.07) is 19.7. The zero-order valence-electron chi connectivity index (χ0n) is 25.2. The lowest BCUT2D eigenvalue weighted by Crippen LogP contribution is -2.53. The van der Waals surface area contributed by atoms with Crippen molar-refractivity contribution in [3.8, 4) is 0 Å². The molecule has 0 aromatic heterocycles. The van der Waals surface area contributed by atoms with Gasteiger partial charge in [-0.2, -0.15) is 0 Å². The molecule has 4 atom stereocenters. The first-order chi connectivity index (χ1) is 19.3. The van der Waals surface area contributed by atoms with Crippen molar-refractivity contribution < 1.29 is 19.1 Å². The minimum atomic E-state index is -0.875. The summed E-state index contributed by atoms with van der Waals surface area (Å²) >= 11 is 0. The van der Waals surface area contributed by atoms with Crippen LogP contribution in [0.5, 0.6) is 0 Å². The van der Waals surface area contributed by atoms with Crippen molar-refractivity contribution in [1.82, 2.24) is 10.2 Å². The van der Waals surface area contributed by atoms with Gasteiger partial charge in [0.25, 0.3) is 5.91 Å². The number of ether oxygens (including phenoxy) is 1. The third-order valence-corrected chi connectivity index (χ3v) is 7.31. The highest BCUT2D eigenvalue weighted by molar-refractivity contribution is 6.00. The molecule has 4 unspecified atom stereocenters. The number of amides is 3. The van der Waals surface area contributed by atoms with Crippen LogP contribution < -0.4 is 10.6 Å². The van der Waals surface area contributed by atoms with E-state index in [1.54, 1.807) is 25.7 Å². The summed E-state index contributed by atoms with van der Waals surface area (Å²) in [5, 5.41) is 8.00. The SMILES string of the molecule is Cc1ccc(C(C(=O)Nc2ccc3ccccc3c2)N(C(=O)C(CC(C)C)NC(=O)OC(C)(C)C)C2CC2C)cc1. The predicted octanol–water partition coefficient (Wildman–Crippen LogP) is 7.00. The Hall–Kier alpha value is -3.87. The fourth-order valence-electron chi connectivity index (χ4n) is 5.16. The summed E-state index contributed by atoms with van der Waals surface area (Å²) in [5.41, 5.74) is 1.74. The van der Waals surface area contributed by atoms with Crippen molar-refractivity contribution in [2.45, 2.75) is 85.0 Å². The molecule has 1 aliphatic rings. The van der Waals surface area contributed by atoms with Gasteiger partial charge in [-0.15, -0.1) is 0 Å². The third kappa shape index (κ3) is 7.87. The fraction of sp³-hybridized carbons (Fsp3) is 0.441. The van der Waals surface area contributed by atoms with Crippen LogP contribution in [0.4, 0.5) is 10.5 Å². The van der Waals surface area contributed by atoms with E-state index < -0.39 is 23.8 Å². The summed E-state index contributed by atoms with van der Waals surface area (Å²) in [6.45, 7) is 13.4. The first-order valence-electron chi connectivity index (χ1n) is 14.5.